The molecule has 0 saturated carbocycles. The number of alkyl halides is 3. The molecule has 6 nitrogen and oxygen atoms in total. The predicted molar refractivity (Wildman–Crippen MR) is 99.1 cm³/mol. The number of anilines is 1. The van der Waals surface area contributed by atoms with Crippen LogP contribution in [0.25, 0.3) is 0 Å². The smallest absolute Gasteiger partial charge is 0.416 e. The third-order valence-electron chi connectivity index (χ3n) is 4.51. The maximum Gasteiger partial charge on any atom is 0.416 e. The minimum Gasteiger partial charge on any atom is -0.491 e. The van der Waals surface area contributed by atoms with Crippen molar-refractivity contribution in [1.29, 1.82) is 0 Å². The molecule has 0 spiro atoms. The molecule has 0 unspecified atom stereocenters. The van der Waals surface area contributed by atoms with Crippen LogP contribution in [0.5, 0.6) is 5.75 Å². The highest BCUT2D eigenvalue weighted by molar-refractivity contribution is 5.81. The molecule has 2 amide bonds. The lowest BCUT2D eigenvalue weighted by molar-refractivity contribution is -0.137. The Balaban J connectivity index is 1.94. The lowest BCUT2D eigenvalue weighted by Gasteiger charge is -2.31. The van der Waals surface area contributed by atoms with E-state index in [0.29, 0.717) is 39.0 Å². The highest BCUT2D eigenvalue weighted by atomic mass is 19.4. The summed E-state index contributed by atoms with van der Waals surface area (Å²) in [5, 5.41) is 5.60. The molecule has 1 aromatic carbocycles. The fourth-order valence-electron chi connectivity index (χ4n) is 2.98. The molecular weight excluding hydrogens is 375 g/mol. The zero-order chi connectivity index (χ0) is 20.7. The van der Waals surface area contributed by atoms with Gasteiger partial charge in [0.15, 0.2) is 0 Å². The van der Waals surface area contributed by atoms with Gasteiger partial charge >= 0.3 is 6.18 Å². The van der Waals surface area contributed by atoms with Gasteiger partial charge in [-0.3, -0.25) is 9.59 Å². The average molecular weight is 401 g/mol. The Kier molecular flexibility index (Phi) is 7.53. The average Bonchev–Trinajstić information content (AvgIpc) is 2.64. The quantitative estimate of drug-likeness (QED) is 0.737. The van der Waals surface area contributed by atoms with Gasteiger partial charge in [-0.15, -0.1) is 0 Å². The second kappa shape index (κ2) is 9.66. The van der Waals surface area contributed by atoms with Gasteiger partial charge in [-0.1, -0.05) is 6.92 Å². The molecule has 0 atom stereocenters. The number of hydrogen-bond acceptors (Lipinski definition) is 4. The van der Waals surface area contributed by atoms with Gasteiger partial charge in [-0.2, -0.15) is 13.2 Å². The normalized spacial score (nSPS) is 15.2. The van der Waals surface area contributed by atoms with Gasteiger partial charge in [0.2, 0.25) is 11.8 Å². The number of carbonyl (C=O) groups is 2. The number of rotatable bonds is 7. The number of likely N-dealkylation sites (tertiary alicyclic amines) is 1. The molecule has 1 aromatic rings. The summed E-state index contributed by atoms with van der Waals surface area (Å²) >= 11 is 0. The number of hydrogen-bond donors (Lipinski definition) is 2. The minimum atomic E-state index is -4.48. The highest BCUT2D eigenvalue weighted by Gasteiger charge is 2.31. The second-order valence-electron chi connectivity index (χ2n) is 6.76. The molecule has 0 bridgehead atoms. The minimum absolute atomic E-state index is 0.00981. The zero-order valence-electron chi connectivity index (χ0n) is 16.1. The Morgan fingerprint density at radius 3 is 2.50 bits per heavy atom. The predicted octanol–water partition coefficient (Wildman–Crippen LogP) is 3.03. The van der Waals surface area contributed by atoms with Crippen LogP contribution < -0.4 is 15.4 Å². The van der Waals surface area contributed by atoms with Crippen LogP contribution in [0.15, 0.2) is 18.2 Å². The SMILES string of the molecule is CCCOc1ccc(C(F)(F)F)cc1NCC(=O)NC1CCN(C(C)=O)CC1. The van der Waals surface area contributed by atoms with Crippen molar-refractivity contribution in [3.05, 3.63) is 23.8 Å². The van der Waals surface area contributed by atoms with Gasteiger partial charge in [0.25, 0.3) is 0 Å². The van der Waals surface area contributed by atoms with Crippen molar-refractivity contribution in [3.8, 4) is 5.75 Å². The fourth-order valence-corrected chi connectivity index (χ4v) is 2.98. The van der Waals surface area contributed by atoms with E-state index in [2.05, 4.69) is 10.6 Å². The van der Waals surface area contributed by atoms with Crippen molar-refractivity contribution in [3.63, 3.8) is 0 Å². The third-order valence-corrected chi connectivity index (χ3v) is 4.51. The summed E-state index contributed by atoms with van der Waals surface area (Å²) in [6.07, 6.45) is -2.47. The fraction of sp³-hybridized carbons (Fsp3) is 0.579. The molecule has 1 aliphatic rings. The Hall–Kier alpha value is -2.45. The number of carbonyl (C=O) groups excluding carboxylic acids is 2. The van der Waals surface area contributed by atoms with E-state index in [1.54, 1.807) is 4.90 Å². The molecule has 2 N–H and O–H groups in total. The molecule has 1 fully saturated rings. The van der Waals surface area contributed by atoms with Crippen LogP contribution in [0.4, 0.5) is 18.9 Å². The molecule has 0 radical (unpaired) electrons. The lowest BCUT2D eigenvalue weighted by Crippen LogP contribution is -2.47. The molecule has 1 heterocycles. The Morgan fingerprint density at radius 1 is 1.25 bits per heavy atom. The van der Waals surface area contributed by atoms with Crippen LogP contribution in [0.3, 0.4) is 0 Å². The first-order chi connectivity index (χ1) is 13.2. The molecule has 28 heavy (non-hydrogen) atoms. The molecule has 1 saturated heterocycles. The van der Waals surface area contributed by atoms with Gasteiger partial charge in [0.05, 0.1) is 24.4 Å². The maximum atomic E-state index is 13.0. The molecule has 156 valence electrons. The van der Waals surface area contributed by atoms with Gasteiger partial charge in [0, 0.05) is 26.1 Å². The number of ether oxygens (including phenoxy) is 1. The third kappa shape index (κ3) is 6.31. The van der Waals surface area contributed by atoms with Crippen LogP contribution in [-0.4, -0.2) is 49.0 Å². The summed E-state index contributed by atoms with van der Waals surface area (Å²) in [5.74, 6) is -0.0341. The van der Waals surface area contributed by atoms with Crippen molar-refractivity contribution < 1.29 is 27.5 Å². The van der Waals surface area contributed by atoms with Crippen molar-refractivity contribution >= 4 is 17.5 Å². The molecule has 9 heteroatoms. The molecule has 0 aromatic heterocycles. The van der Waals surface area contributed by atoms with Crippen molar-refractivity contribution in [1.82, 2.24) is 10.2 Å². The van der Waals surface area contributed by atoms with Gasteiger partial charge in [-0.05, 0) is 37.5 Å². The van der Waals surface area contributed by atoms with Crippen LogP contribution >= 0.6 is 0 Å². The summed E-state index contributed by atoms with van der Waals surface area (Å²) in [4.78, 5) is 25.2. The van der Waals surface area contributed by atoms with Crippen molar-refractivity contribution in [2.45, 2.75) is 45.3 Å². The van der Waals surface area contributed by atoms with E-state index in [-0.39, 0.29) is 35.8 Å². The summed E-state index contributed by atoms with van der Waals surface area (Å²) in [6.45, 7) is 4.75. The summed E-state index contributed by atoms with van der Waals surface area (Å²) in [5.41, 5.74) is -0.680. The zero-order valence-corrected chi connectivity index (χ0v) is 16.1. The van der Waals surface area contributed by atoms with Crippen LogP contribution in [0.1, 0.15) is 38.7 Å². The summed E-state index contributed by atoms with van der Waals surface area (Å²) in [7, 11) is 0. The van der Waals surface area contributed by atoms with E-state index in [1.807, 2.05) is 6.92 Å². The largest absolute Gasteiger partial charge is 0.491 e. The standard InChI is InChI=1S/C19H26F3N3O3/c1-3-10-28-17-5-4-14(19(20,21)22)11-16(17)23-12-18(27)24-15-6-8-25(9-7-15)13(2)26/h4-5,11,15,23H,3,6-10,12H2,1-2H3,(H,24,27). The number of nitrogens with zero attached hydrogens (tertiary/aromatic N) is 1. The number of benzene rings is 1. The van der Waals surface area contributed by atoms with Gasteiger partial charge in [0.1, 0.15) is 5.75 Å². The number of nitrogens with one attached hydrogen (secondary N) is 2. The Labute approximate surface area is 162 Å². The monoisotopic (exact) mass is 401 g/mol. The van der Waals surface area contributed by atoms with E-state index in [4.69, 9.17) is 4.74 Å². The number of piperidine rings is 1. The van der Waals surface area contributed by atoms with Crippen LogP contribution in [0.2, 0.25) is 0 Å². The van der Waals surface area contributed by atoms with Crippen molar-refractivity contribution in [2.75, 3.05) is 31.6 Å². The summed E-state index contributed by atoms with van der Waals surface area (Å²) < 4.78 is 44.4. The van der Waals surface area contributed by atoms with E-state index in [9.17, 15) is 22.8 Å². The number of amides is 2. The van der Waals surface area contributed by atoms with Gasteiger partial charge in [-0.25, -0.2) is 0 Å². The number of halogens is 3. The second-order valence-corrected chi connectivity index (χ2v) is 6.76. The van der Waals surface area contributed by atoms with E-state index in [1.165, 1.54) is 13.0 Å². The Bertz CT molecular complexity index is 687. The van der Waals surface area contributed by atoms with Crippen LogP contribution in [-0.2, 0) is 15.8 Å². The Morgan fingerprint density at radius 2 is 1.93 bits per heavy atom. The van der Waals surface area contributed by atoms with Crippen molar-refractivity contribution in [2.24, 2.45) is 0 Å². The van der Waals surface area contributed by atoms with E-state index < -0.39 is 11.7 Å². The van der Waals surface area contributed by atoms with E-state index >= 15 is 0 Å². The topological polar surface area (TPSA) is 70.7 Å². The van der Waals surface area contributed by atoms with Crippen LogP contribution in [0, 0.1) is 0 Å². The first-order valence-electron chi connectivity index (χ1n) is 9.33. The summed E-state index contributed by atoms with van der Waals surface area (Å²) in [6, 6.07) is 3.11. The molecule has 0 aliphatic carbocycles. The molecule has 1 aliphatic heterocycles. The van der Waals surface area contributed by atoms with Gasteiger partial charge < -0.3 is 20.3 Å². The first kappa shape index (κ1) is 21.8. The highest BCUT2D eigenvalue weighted by Crippen LogP contribution is 2.35. The molecular formula is C19H26F3N3O3. The lowest BCUT2D eigenvalue weighted by atomic mass is 10.1. The maximum absolute atomic E-state index is 13.0. The van der Waals surface area contributed by atoms with E-state index in [0.717, 1.165) is 12.1 Å². The molecule has 2 rings (SSSR count). The first-order valence-corrected chi connectivity index (χ1v) is 9.33.